The van der Waals surface area contributed by atoms with Crippen molar-refractivity contribution in [3.8, 4) is 39.3 Å². The highest BCUT2D eigenvalue weighted by atomic mass is 15.2. The van der Waals surface area contributed by atoms with Gasteiger partial charge in [-0.25, -0.2) is 4.98 Å². The van der Waals surface area contributed by atoms with Gasteiger partial charge in [0.25, 0.3) is 0 Å². The predicted molar refractivity (Wildman–Crippen MR) is 206 cm³/mol. The highest BCUT2D eigenvalue weighted by Crippen LogP contribution is 2.49. The van der Waals surface area contributed by atoms with Gasteiger partial charge in [-0.3, -0.25) is 4.57 Å². The van der Waals surface area contributed by atoms with Crippen LogP contribution in [-0.2, 0) is 0 Å². The lowest BCUT2D eigenvalue weighted by Gasteiger charge is -2.29. The highest BCUT2D eigenvalue weighted by molar-refractivity contribution is 5.98. The van der Waals surface area contributed by atoms with E-state index in [2.05, 4.69) is 191 Å². The second-order valence-electron chi connectivity index (χ2n) is 12.9. The van der Waals surface area contributed by atoms with E-state index in [4.69, 9.17) is 4.98 Å². The van der Waals surface area contributed by atoms with Gasteiger partial charge in [-0.15, -0.1) is 0 Å². The van der Waals surface area contributed by atoms with E-state index in [1.54, 1.807) is 0 Å². The van der Waals surface area contributed by atoms with Crippen LogP contribution in [0.5, 0.6) is 0 Å². The van der Waals surface area contributed by atoms with Gasteiger partial charge in [0, 0.05) is 34.3 Å². The molecule has 0 atom stereocenters. The molecular weight excluding hydrogens is 609 g/mol. The van der Waals surface area contributed by atoms with Crippen molar-refractivity contribution < 1.29 is 0 Å². The quantitative estimate of drug-likeness (QED) is 0.208. The van der Waals surface area contributed by atoms with E-state index < -0.39 is 0 Å². The van der Waals surface area contributed by atoms with Gasteiger partial charge in [0.1, 0.15) is 5.82 Å². The minimum absolute atomic E-state index is 0.781. The van der Waals surface area contributed by atoms with E-state index in [1.165, 1.54) is 21.6 Å². The maximum Gasteiger partial charge on any atom is 0.147 e. The molecule has 2 aliphatic rings. The zero-order valence-electron chi connectivity index (χ0n) is 27.3. The van der Waals surface area contributed by atoms with Crippen LogP contribution in [-0.4, -0.2) is 16.1 Å². The van der Waals surface area contributed by atoms with Crippen LogP contribution in [0.15, 0.2) is 170 Å². The zero-order valence-corrected chi connectivity index (χ0v) is 27.3. The highest BCUT2D eigenvalue weighted by Gasteiger charge is 2.29. The number of fused-ring (bicyclic) bond motifs is 8. The number of benzene rings is 7. The summed E-state index contributed by atoms with van der Waals surface area (Å²) >= 11 is 0. The number of anilines is 3. The van der Waals surface area contributed by atoms with Crippen molar-refractivity contribution in [3.05, 3.63) is 186 Å². The van der Waals surface area contributed by atoms with Crippen molar-refractivity contribution in [2.24, 2.45) is 0 Å². The molecule has 0 spiro atoms. The maximum absolute atomic E-state index is 5.32. The van der Waals surface area contributed by atoms with Crippen LogP contribution in [0.3, 0.4) is 0 Å². The number of rotatable bonds is 4. The molecule has 8 aromatic rings. The summed E-state index contributed by atoms with van der Waals surface area (Å²) in [5, 5.41) is 6.20. The van der Waals surface area contributed by atoms with Gasteiger partial charge in [-0.05, 0) is 82.1 Å². The first-order valence-corrected chi connectivity index (χ1v) is 17.1. The first kappa shape index (κ1) is 28.4. The molecule has 236 valence electrons. The van der Waals surface area contributed by atoms with Crippen LogP contribution in [0.25, 0.3) is 62.1 Å². The number of nitrogens with one attached hydrogen (secondary N) is 1. The Morgan fingerprint density at radius 3 is 2.02 bits per heavy atom. The Balaban J connectivity index is 1.30. The lowest BCUT2D eigenvalue weighted by atomic mass is 9.97. The number of imidazole rings is 1. The number of para-hydroxylation sites is 4. The van der Waals surface area contributed by atoms with Gasteiger partial charge in [0.2, 0.25) is 0 Å². The monoisotopic (exact) mass is 640 g/mol. The summed E-state index contributed by atoms with van der Waals surface area (Å²) in [6.07, 6.45) is 2.26. The predicted octanol–water partition coefficient (Wildman–Crippen LogP) is 9.35. The Morgan fingerprint density at radius 1 is 0.500 bits per heavy atom. The first-order chi connectivity index (χ1) is 24.8. The van der Waals surface area contributed by atoms with E-state index in [-0.39, 0.29) is 0 Å². The Bertz CT molecular complexity index is 2710. The molecule has 0 saturated carbocycles. The molecule has 0 aliphatic carbocycles. The third kappa shape index (κ3) is 4.57. The van der Waals surface area contributed by atoms with Crippen molar-refractivity contribution in [1.82, 2.24) is 14.9 Å². The average Bonchev–Trinajstić information content (AvgIpc) is 3.53. The van der Waals surface area contributed by atoms with Crippen molar-refractivity contribution in [2.75, 3.05) is 11.4 Å². The molecule has 1 N–H and O–H groups in total. The molecule has 0 radical (unpaired) electrons. The molecule has 50 heavy (non-hydrogen) atoms. The van der Waals surface area contributed by atoms with Crippen LogP contribution in [0.2, 0.25) is 0 Å². The van der Waals surface area contributed by atoms with Crippen LogP contribution in [0.4, 0.5) is 17.1 Å². The van der Waals surface area contributed by atoms with Crippen molar-refractivity contribution in [1.29, 1.82) is 0 Å². The second kappa shape index (κ2) is 11.5. The SMILES string of the molecule is C1=c2ccccc2=C(c2cc(-c3ccccc3)cc(N3c4ccc(-c5ccccc5)cc4-c4nc5ccccc5n4-c4ccccc43)c2)NC1. The third-order valence-electron chi connectivity index (χ3n) is 9.91. The molecule has 4 heteroatoms. The molecule has 3 heterocycles. The lowest BCUT2D eigenvalue weighted by molar-refractivity contribution is 1.01. The molecule has 7 aromatic carbocycles. The molecular formula is C46H32N4. The smallest absolute Gasteiger partial charge is 0.147 e. The number of hydrogen-bond donors (Lipinski definition) is 1. The molecule has 0 unspecified atom stereocenters. The summed E-state index contributed by atoms with van der Waals surface area (Å²) in [6, 6.07) is 61.0. The molecule has 2 aliphatic heterocycles. The Hall–Kier alpha value is -6.65. The summed E-state index contributed by atoms with van der Waals surface area (Å²) < 4.78 is 2.34. The Morgan fingerprint density at radius 2 is 1.18 bits per heavy atom. The molecule has 0 fully saturated rings. The maximum atomic E-state index is 5.32. The molecule has 10 rings (SSSR count). The normalized spacial score (nSPS) is 13.0. The van der Waals surface area contributed by atoms with E-state index in [0.29, 0.717) is 0 Å². The van der Waals surface area contributed by atoms with Crippen molar-refractivity contribution in [2.45, 2.75) is 0 Å². The van der Waals surface area contributed by atoms with Gasteiger partial charge >= 0.3 is 0 Å². The minimum Gasteiger partial charge on any atom is -0.381 e. The largest absolute Gasteiger partial charge is 0.381 e. The number of aromatic nitrogens is 2. The standard InChI is InChI=1S/C46H32N4/c1-3-13-31(14-4-1)34-23-24-41-39(30-34)46-48-40-19-9-10-20-42(40)50(46)44-22-12-11-21-43(44)49(41)37-28-35(32-15-5-2-6-16-32)27-36(29-37)45-38-18-8-7-17-33(38)25-26-47-45/h1-25,27-30,47H,26H2. The Labute approximate surface area is 290 Å². The molecule has 4 nitrogen and oxygen atoms in total. The lowest BCUT2D eigenvalue weighted by Crippen LogP contribution is -2.37. The summed E-state index contributed by atoms with van der Waals surface area (Å²) in [5.41, 5.74) is 14.4. The number of hydrogen-bond acceptors (Lipinski definition) is 3. The third-order valence-corrected chi connectivity index (χ3v) is 9.91. The van der Waals surface area contributed by atoms with Crippen LogP contribution < -0.4 is 20.7 Å². The summed E-state index contributed by atoms with van der Waals surface area (Å²) in [5.74, 6) is 0.932. The van der Waals surface area contributed by atoms with Crippen molar-refractivity contribution >= 4 is 39.9 Å². The average molecular weight is 641 g/mol. The second-order valence-corrected chi connectivity index (χ2v) is 12.9. The first-order valence-electron chi connectivity index (χ1n) is 17.1. The molecule has 0 bridgehead atoms. The van der Waals surface area contributed by atoms with E-state index in [9.17, 15) is 0 Å². The van der Waals surface area contributed by atoms with Crippen LogP contribution in [0, 0.1) is 0 Å². The van der Waals surface area contributed by atoms with Crippen molar-refractivity contribution in [3.63, 3.8) is 0 Å². The van der Waals surface area contributed by atoms with Gasteiger partial charge in [-0.2, -0.15) is 0 Å². The zero-order chi connectivity index (χ0) is 33.0. The van der Waals surface area contributed by atoms with Gasteiger partial charge in [-0.1, -0.05) is 121 Å². The molecule has 1 aromatic heterocycles. The van der Waals surface area contributed by atoms with Gasteiger partial charge in [0.05, 0.1) is 28.1 Å². The van der Waals surface area contributed by atoms with Crippen LogP contribution in [0.1, 0.15) is 5.56 Å². The van der Waals surface area contributed by atoms with Gasteiger partial charge in [0.15, 0.2) is 0 Å². The summed E-state index contributed by atoms with van der Waals surface area (Å²) in [4.78, 5) is 7.75. The van der Waals surface area contributed by atoms with E-state index in [0.717, 1.165) is 74.1 Å². The van der Waals surface area contributed by atoms with E-state index >= 15 is 0 Å². The van der Waals surface area contributed by atoms with Crippen LogP contribution >= 0.6 is 0 Å². The fourth-order valence-corrected chi connectivity index (χ4v) is 7.62. The molecule has 0 saturated heterocycles. The fraction of sp³-hybridized carbons (Fsp3) is 0.0217. The Kier molecular flexibility index (Phi) is 6.53. The molecule has 0 amide bonds. The minimum atomic E-state index is 0.781. The summed E-state index contributed by atoms with van der Waals surface area (Å²) in [7, 11) is 0. The summed E-state index contributed by atoms with van der Waals surface area (Å²) in [6.45, 7) is 0.781. The topological polar surface area (TPSA) is 33.1 Å². The van der Waals surface area contributed by atoms with E-state index in [1.807, 2.05) is 0 Å². The number of nitrogens with zero attached hydrogens (tertiary/aromatic N) is 3. The van der Waals surface area contributed by atoms with Gasteiger partial charge < -0.3 is 10.2 Å². The fourth-order valence-electron chi connectivity index (χ4n) is 7.62.